The summed E-state index contributed by atoms with van der Waals surface area (Å²) < 4.78 is 20.2. The highest BCUT2D eigenvalue weighted by Crippen LogP contribution is 2.32. The average molecular weight is 294 g/mol. The van der Waals surface area contributed by atoms with Crippen LogP contribution in [0.1, 0.15) is 45.7 Å². The Labute approximate surface area is 127 Å². The summed E-state index contributed by atoms with van der Waals surface area (Å²) in [6.45, 7) is 9.79. The molecule has 0 bridgehead atoms. The summed E-state index contributed by atoms with van der Waals surface area (Å²) in [4.78, 5) is 2.28. The topological polar surface area (TPSA) is 38.5 Å². The normalized spacial score (nSPS) is 25.5. The minimum absolute atomic E-state index is 0.0944. The minimum Gasteiger partial charge on any atom is -0.370 e. The second kappa shape index (κ2) is 6.42. The van der Waals surface area contributed by atoms with Crippen LogP contribution in [0.25, 0.3) is 0 Å². The van der Waals surface area contributed by atoms with Crippen molar-refractivity contribution in [1.29, 1.82) is 0 Å². The van der Waals surface area contributed by atoms with Crippen LogP contribution in [0.4, 0.5) is 4.39 Å². The van der Waals surface area contributed by atoms with Crippen molar-refractivity contribution in [3.05, 3.63) is 35.6 Å². The number of nitrogens with zero attached hydrogens (tertiary/aromatic N) is 1. The molecular formula is C17H27FN2O. The Hall–Kier alpha value is -0.970. The van der Waals surface area contributed by atoms with Crippen molar-refractivity contribution in [2.45, 2.75) is 57.9 Å². The SMILES string of the molecule is CCC(N)C(c1ccccc1F)N1CC(C)OC(C)(C)C1. The van der Waals surface area contributed by atoms with Gasteiger partial charge in [-0.25, -0.2) is 4.39 Å². The summed E-state index contributed by atoms with van der Waals surface area (Å²) in [6, 6.07) is 6.76. The number of rotatable bonds is 4. The van der Waals surface area contributed by atoms with E-state index in [1.54, 1.807) is 6.07 Å². The minimum atomic E-state index is -0.241. The first-order valence-corrected chi connectivity index (χ1v) is 7.76. The third kappa shape index (κ3) is 3.82. The molecule has 1 saturated heterocycles. The van der Waals surface area contributed by atoms with Crippen LogP contribution in [0, 0.1) is 5.82 Å². The quantitative estimate of drug-likeness (QED) is 0.927. The third-order valence-electron chi connectivity index (χ3n) is 4.09. The monoisotopic (exact) mass is 294 g/mol. The van der Waals surface area contributed by atoms with Crippen molar-refractivity contribution in [2.75, 3.05) is 13.1 Å². The predicted molar refractivity (Wildman–Crippen MR) is 83.6 cm³/mol. The van der Waals surface area contributed by atoms with Crippen molar-refractivity contribution in [2.24, 2.45) is 5.73 Å². The fourth-order valence-corrected chi connectivity index (χ4v) is 3.35. The van der Waals surface area contributed by atoms with Gasteiger partial charge in [-0.3, -0.25) is 4.90 Å². The van der Waals surface area contributed by atoms with Crippen molar-refractivity contribution in [3.63, 3.8) is 0 Å². The summed E-state index contributed by atoms with van der Waals surface area (Å²) in [5.41, 5.74) is 6.78. The van der Waals surface area contributed by atoms with E-state index in [4.69, 9.17) is 10.5 Å². The molecule has 0 aromatic heterocycles. The molecule has 21 heavy (non-hydrogen) atoms. The maximum atomic E-state index is 14.3. The number of nitrogens with two attached hydrogens (primary N) is 1. The van der Waals surface area contributed by atoms with Gasteiger partial charge < -0.3 is 10.5 Å². The smallest absolute Gasteiger partial charge is 0.128 e. The van der Waals surface area contributed by atoms with Crippen LogP contribution in [0.2, 0.25) is 0 Å². The number of ether oxygens (including phenoxy) is 1. The van der Waals surface area contributed by atoms with Gasteiger partial charge in [0.05, 0.1) is 17.7 Å². The maximum Gasteiger partial charge on any atom is 0.128 e. The molecule has 0 saturated carbocycles. The van der Waals surface area contributed by atoms with E-state index in [0.717, 1.165) is 19.5 Å². The van der Waals surface area contributed by atoms with Gasteiger partial charge in [-0.15, -0.1) is 0 Å². The molecule has 0 aliphatic carbocycles. The Morgan fingerprint density at radius 3 is 2.67 bits per heavy atom. The molecule has 2 rings (SSSR count). The fraction of sp³-hybridized carbons (Fsp3) is 0.647. The van der Waals surface area contributed by atoms with Gasteiger partial charge in [0.1, 0.15) is 5.82 Å². The lowest BCUT2D eigenvalue weighted by molar-refractivity contribution is -0.140. The van der Waals surface area contributed by atoms with Gasteiger partial charge >= 0.3 is 0 Å². The van der Waals surface area contributed by atoms with E-state index in [1.165, 1.54) is 6.07 Å². The Bertz CT molecular complexity index is 478. The lowest BCUT2D eigenvalue weighted by Crippen LogP contribution is -2.55. The first-order valence-electron chi connectivity index (χ1n) is 7.76. The Kier molecular flexibility index (Phi) is 5.02. The molecule has 0 spiro atoms. The van der Waals surface area contributed by atoms with Crippen LogP contribution in [-0.2, 0) is 4.74 Å². The van der Waals surface area contributed by atoms with Gasteiger partial charge in [-0.1, -0.05) is 25.1 Å². The Morgan fingerprint density at radius 1 is 1.43 bits per heavy atom. The van der Waals surface area contributed by atoms with Crippen LogP contribution < -0.4 is 5.73 Å². The molecule has 3 nitrogen and oxygen atoms in total. The highest BCUT2D eigenvalue weighted by Gasteiger charge is 2.37. The first-order chi connectivity index (χ1) is 9.84. The van der Waals surface area contributed by atoms with Crippen molar-refractivity contribution < 1.29 is 9.13 Å². The molecule has 1 heterocycles. The Balaban J connectivity index is 2.35. The largest absolute Gasteiger partial charge is 0.370 e. The average Bonchev–Trinajstić information content (AvgIpc) is 2.38. The summed E-state index contributed by atoms with van der Waals surface area (Å²) >= 11 is 0. The van der Waals surface area contributed by atoms with Gasteiger partial charge in [0.2, 0.25) is 0 Å². The number of hydrogen-bond donors (Lipinski definition) is 1. The standard InChI is InChI=1S/C17H27FN2O/c1-5-15(19)16(13-8-6-7-9-14(13)18)20-10-12(2)21-17(3,4)11-20/h6-9,12,15-16H,5,10-11,19H2,1-4H3. The zero-order valence-electron chi connectivity index (χ0n) is 13.5. The molecular weight excluding hydrogens is 267 g/mol. The lowest BCUT2D eigenvalue weighted by Gasteiger charge is -2.46. The third-order valence-corrected chi connectivity index (χ3v) is 4.09. The molecule has 118 valence electrons. The van der Waals surface area contributed by atoms with Gasteiger partial charge in [-0.2, -0.15) is 0 Å². The number of morpholine rings is 1. The fourth-order valence-electron chi connectivity index (χ4n) is 3.35. The first kappa shape index (κ1) is 16.4. The Morgan fingerprint density at radius 2 is 2.10 bits per heavy atom. The van der Waals surface area contributed by atoms with Crippen LogP contribution in [0.3, 0.4) is 0 Å². The molecule has 1 aliphatic heterocycles. The highest BCUT2D eigenvalue weighted by atomic mass is 19.1. The molecule has 3 unspecified atom stereocenters. The van der Waals surface area contributed by atoms with E-state index in [2.05, 4.69) is 25.7 Å². The molecule has 1 aromatic rings. The van der Waals surface area contributed by atoms with Gasteiger partial charge in [0.15, 0.2) is 0 Å². The molecule has 3 atom stereocenters. The van der Waals surface area contributed by atoms with E-state index >= 15 is 0 Å². The molecule has 0 amide bonds. The van der Waals surface area contributed by atoms with E-state index in [0.29, 0.717) is 5.56 Å². The second-order valence-corrected chi connectivity index (χ2v) is 6.66. The van der Waals surface area contributed by atoms with Crippen LogP contribution in [-0.4, -0.2) is 35.7 Å². The van der Waals surface area contributed by atoms with Crippen molar-refractivity contribution >= 4 is 0 Å². The number of halogens is 1. The van der Waals surface area contributed by atoms with E-state index in [-0.39, 0.29) is 29.6 Å². The van der Waals surface area contributed by atoms with Crippen LogP contribution >= 0.6 is 0 Å². The van der Waals surface area contributed by atoms with Crippen LogP contribution in [0.15, 0.2) is 24.3 Å². The number of hydrogen-bond acceptors (Lipinski definition) is 3. The molecule has 1 aromatic carbocycles. The molecule has 1 aliphatic rings. The van der Waals surface area contributed by atoms with Gasteiger partial charge in [0, 0.05) is 24.7 Å². The van der Waals surface area contributed by atoms with Gasteiger partial charge in [0.25, 0.3) is 0 Å². The molecule has 4 heteroatoms. The number of benzene rings is 1. The molecule has 1 fully saturated rings. The van der Waals surface area contributed by atoms with Crippen molar-refractivity contribution in [1.82, 2.24) is 4.90 Å². The van der Waals surface area contributed by atoms with E-state index in [9.17, 15) is 4.39 Å². The molecule has 2 N–H and O–H groups in total. The molecule has 0 radical (unpaired) electrons. The van der Waals surface area contributed by atoms with Gasteiger partial charge in [-0.05, 0) is 33.3 Å². The predicted octanol–water partition coefficient (Wildman–Crippen LogP) is 3.10. The summed E-state index contributed by atoms with van der Waals surface area (Å²) in [7, 11) is 0. The summed E-state index contributed by atoms with van der Waals surface area (Å²) in [6.07, 6.45) is 0.928. The zero-order valence-corrected chi connectivity index (χ0v) is 13.5. The highest BCUT2D eigenvalue weighted by molar-refractivity contribution is 5.23. The van der Waals surface area contributed by atoms with E-state index in [1.807, 2.05) is 19.1 Å². The van der Waals surface area contributed by atoms with Crippen molar-refractivity contribution in [3.8, 4) is 0 Å². The van der Waals surface area contributed by atoms with E-state index < -0.39 is 0 Å². The summed E-state index contributed by atoms with van der Waals surface area (Å²) in [5, 5.41) is 0. The zero-order chi connectivity index (χ0) is 15.6. The van der Waals surface area contributed by atoms with Crippen LogP contribution in [0.5, 0.6) is 0 Å². The second-order valence-electron chi connectivity index (χ2n) is 6.66. The lowest BCUT2D eigenvalue weighted by atomic mass is 9.93. The maximum absolute atomic E-state index is 14.3. The summed E-state index contributed by atoms with van der Waals surface area (Å²) in [5.74, 6) is -0.177.